The van der Waals surface area contributed by atoms with Crippen LogP contribution in [0.15, 0.2) is 0 Å². The lowest BCUT2D eigenvalue weighted by atomic mass is 10.9. The highest BCUT2D eigenvalue weighted by molar-refractivity contribution is 7.35. The quantitative estimate of drug-likeness (QED) is 0.0594. The van der Waals surface area contributed by atoms with E-state index in [1.807, 2.05) is 0 Å². The molecule has 3 atom stereocenters. The number of halogens is 5. The fourth-order valence-electron chi connectivity index (χ4n) is 11.0. The van der Waals surface area contributed by atoms with Gasteiger partial charge in [-0.3, -0.25) is 0 Å². The molecule has 0 radical (unpaired) electrons. The fourth-order valence-corrected chi connectivity index (χ4v) is 118. The lowest BCUT2D eigenvalue weighted by Crippen LogP contribution is -2.59. The van der Waals surface area contributed by atoms with E-state index in [-0.39, 0.29) is 54.5 Å². The Labute approximate surface area is 581 Å². The number of hydrogen-bond donors (Lipinski definition) is 0. The SMILES string of the molecule is CC[SiH](C)N([SiH](C)C)[SiH](C)C.CC[SiH](CC)N([SiH](C)C)[Si](C)(C)C.CC[SiH](Cl)N([SiH](C)C)[SiH](C)C.C[SiH2]N([SiH](C)C)[SiH](C)C.C[SiH](C)N([SiH2]Cl)[SiH](C)C.C[SiH](C)N([SiH3])[SiH](C)C.C[SiH](C)N([SiH](C)C)[SiH](C)Cl.C[SiH](C)N([SiH](C)C)[SiH](Cl)Cl. The maximum Gasteiger partial charge on any atom is 0.296 e. The van der Waals surface area contributed by atoms with Crippen molar-refractivity contribution in [1.82, 2.24) is 31.2 Å². The molecule has 37 heteroatoms. The third kappa shape index (κ3) is 56.4. The molecule has 3 unspecified atom stereocenters. The molecule has 0 rings (SSSR count). The van der Waals surface area contributed by atoms with E-state index in [9.17, 15) is 0 Å². The van der Waals surface area contributed by atoms with E-state index in [1.54, 1.807) is 0 Å². The van der Waals surface area contributed by atoms with Gasteiger partial charge in [0.05, 0.1) is 172 Å². The molecule has 0 spiro atoms. The van der Waals surface area contributed by atoms with Gasteiger partial charge in [-0.1, -0.05) is 275 Å². The molecule has 8 nitrogen and oxygen atoms in total. The van der Waals surface area contributed by atoms with Gasteiger partial charge in [-0.05, 0) is 12.6 Å². The summed E-state index contributed by atoms with van der Waals surface area (Å²) in [6.07, 6.45) is 0. The molecule has 0 saturated heterocycles. The van der Waals surface area contributed by atoms with E-state index in [4.69, 9.17) is 55.4 Å². The van der Waals surface area contributed by atoms with Crippen LogP contribution < -0.4 is 0 Å². The minimum absolute atomic E-state index is 0.190. The summed E-state index contributed by atoms with van der Waals surface area (Å²) in [6, 6.07) is 5.60. The highest BCUT2D eigenvalue weighted by atomic mass is 35.7. The molecule has 0 fully saturated rings. The summed E-state index contributed by atoms with van der Waals surface area (Å²) in [4.78, 5) is 0. The molecule has 81 heavy (non-hydrogen) atoms. The summed E-state index contributed by atoms with van der Waals surface area (Å²) in [7, 11) is -12.0. The third-order valence-electron chi connectivity index (χ3n) is 14.6. The van der Waals surface area contributed by atoms with Gasteiger partial charge in [-0.2, -0.15) is 33.2 Å². The fraction of sp³-hybridized carbons (Fsp3) is 1.00. The van der Waals surface area contributed by atoms with Crippen LogP contribution in [0, 0.1) is 0 Å². The van der Waals surface area contributed by atoms with Crippen molar-refractivity contribution in [2.75, 3.05) is 0 Å². The lowest BCUT2D eigenvalue weighted by molar-refractivity contribution is 0.925. The van der Waals surface area contributed by atoms with Gasteiger partial charge in [0, 0.05) is 0 Å². The maximum atomic E-state index is 6.36. The monoisotopic (exact) mass is 1640 g/mol. The topological polar surface area (TPSA) is 25.9 Å². The van der Waals surface area contributed by atoms with E-state index in [1.165, 1.54) is 34.6 Å². The van der Waals surface area contributed by atoms with Gasteiger partial charge in [-0.25, -0.2) is 0 Å². The van der Waals surface area contributed by atoms with Crippen LogP contribution in [-0.2, 0) is 0 Å². The molecule has 502 valence electrons. The zero-order chi connectivity index (χ0) is 66.9. The first-order valence-electron chi connectivity index (χ1n) is 32.8. The van der Waals surface area contributed by atoms with Gasteiger partial charge in [0.25, 0.3) is 7.58 Å². The summed E-state index contributed by atoms with van der Waals surface area (Å²) >= 11 is 30.3. The molecule has 0 aliphatic carbocycles. The molecule has 0 amide bonds. The molecule has 0 saturated carbocycles. The number of rotatable bonds is 27. The Morgan fingerprint density at radius 2 is 0.642 bits per heavy atom. The Bertz CT molecular complexity index is 1200. The van der Waals surface area contributed by atoms with Crippen LogP contribution in [0.4, 0.5) is 0 Å². The van der Waals surface area contributed by atoms with Crippen LogP contribution in [0.3, 0.4) is 0 Å². The molecular formula is C44H155Cl5N8Si24. The van der Waals surface area contributed by atoms with E-state index in [0.717, 1.165) is 0 Å². The first-order valence-corrected chi connectivity index (χ1v) is 99.4. The van der Waals surface area contributed by atoms with Crippen molar-refractivity contribution in [3.05, 3.63) is 0 Å². The van der Waals surface area contributed by atoms with Gasteiger partial charge in [0.1, 0.15) is 8.24 Å². The van der Waals surface area contributed by atoms with E-state index in [2.05, 4.69) is 295 Å². The van der Waals surface area contributed by atoms with Crippen LogP contribution >= 0.6 is 55.4 Å². The summed E-state index contributed by atoms with van der Waals surface area (Å²) < 4.78 is 22.2. The van der Waals surface area contributed by atoms with Gasteiger partial charge in [0.15, 0.2) is 25.5 Å². The van der Waals surface area contributed by atoms with Crippen LogP contribution in [0.1, 0.15) is 27.7 Å². The first-order chi connectivity index (χ1) is 36.5. The predicted octanol–water partition coefficient (Wildman–Crippen LogP) is 9.44. The van der Waals surface area contributed by atoms with Gasteiger partial charge in [-0.15, -0.1) is 22.2 Å². The molecule has 0 N–H and O–H groups in total. The highest BCUT2D eigenvalue weighted by Crippen LogP contribution is 2.18. The summed E-state index contributed by atoms with van der Waals surface area (Å²) in [5.74, 6) is 0. The average Bonchev–Trinajstić information content (AvgIpc) is 3.27. The molecule has 0 aliphatic heterocycles. The second-order valence-corrected chi connectivity index (χ2v) is 113. The van der Waals surface area contributed by atoms with Crippen LogP contribution in [0.5, 0.6) is 0 Å². The Balaban J connectivity index is -0.000000126. The minimum Gasteiger partial charge on any atom is -0.381 e. The maximum absolute atomic E-state index is 6.36. The van der Waals surface area contributed by atoms with E-state index < -0.39 is 149 Å². The zero-order valence-corrected chi connectivity index (χ0v) is 95.5. The van der Waals surface area contributed by atoms with E-state index in [0.29, 0.717) is 0 Å². The lowest BCUT2D eigenvalue weighted by Gasteiger charge is -2.43. The predicted molar refractivity (Wildman–Crippen MR) is 473 cm³/mol. The van der Waals surface area contributed by atoms with Crippen molar-refractivity contribution in [2.24, 2.45) is 0 Å². The van der Waals surface area contributed by atoms with Crippen LogP contribution in [0.2, 0.25) is 260 Å². The second kappa shape index (κ2) is 60.0. The standard InChI is InChI=1S/C9H27NSi3.C7H23NSi3.C6H20ClNSi3.C5H18ClNSi3.C5H19NSi3.C4H15Cl2NSi3.C4H16ClNSi3.C4H17NSi3/c1-8-12(9-2)10(11(3)4)13(5,6)7;1-7-11(6)8(9(2)3)10(4)5;1-6-11(7)8(9(2)3)10(4)5;1-8(2)7(9(3)4)10(5)6;1-7-6(8(2)3)9(4)5;1-8(2)7(9(3)4)10(5)6;1-8(2)6(7-5)9(3)4;1-7(2)5(6)8(3)4/h11-12H,8-9H2,1-7H3;9-11H,7H2,1-6H3;9-11H,6H2,1-5H3;8-10H,1-5H3;8-9H,7H2,1-5H3;8-10H,1-4H3;8-9H,7H2,1-4H3;7-8H,1-4,6H3. The van der Waals surface area contributed by atoms with E-state index >= 15 is 0 Å². The largest absolute Gasteiger partial charge is 0.381 e. The van der Waals surface area contributed by atoms with Gasteiger partial charge in [0.2, 0.25) is 0 Å². The molecule has 0 aliphatic rings. The van der Waals surface area contributed by atoms with Gasteiger partial charge < -0.3 is 31.2 Å². The highest BCUT2D eigenvalue weighted by Gasteiger charge is 2.31. The minimum atomic E-state index is -1.50. The summed E-state index contributed by atoms with van der Waals surface area (Å²) in [6.45, 7) is 96.1. The van der Waals surface area contributed by atoms with Crippen molar-refractivity contribution in [1.29, 1.82) is 0 Å². The average molecular weight is 1650 g/mol. The number of hydrogen-bond acceptors (Lipinski definition) is 8. The summed E-state index contributed by atoms with van der Waals surface area (Å²) in [5, 5.41) is 0. The normalized spacial score (nSPS) is 13.9. The van der Waals surface area contributed by atoms with Crippen LogP contribution in [-0.4, -0.2) is 245 Å². The first kappa shape index (κ1) is 103. The zero-order valence-electron chi connectivity index (χ0n) is 62.8. The Hall–Kier alpha value is 6.34. The van der Waals surface area contributed by atoms with Crippen molar-refractivity contribution in [2.45, 2.75) is 288 Å². The van der Waals surface area contributed by atoms with Crippen LogP contribution in [0.25, 0.3) is 0 Å². The molecule has 0 aromatic heterocycles. The molecule has 0 aromatic rings. The van der Waals surface area contributed by atoms with Crippen molar-refractivity contribution >= 4 is 269 Å². The third-order valence-corrected chi connectivity index (χ3v) is 132. The van der Waals surface area contributed by atoms with Gasteiger partial charge >= 0.3 is 0 Å². The van der Waals surface area contributed by atoms with Crippen molar-refractivity contribution < 1.29 is 0 Å². The Morgan fingerprint density at radius 3 is 0.679 bits per heavy atom. The molecule has 0 heterocycles. The molecular weight excluding hydrogens is 1490 g/mol. The smallest absolute Gasteiger partial charge is 0.296 e. The molecule has 0 bridgehead atoms. The Morgan fingerprint density at radius 1 is 0.358 bits per heavy atom. The van der Waals surface area contributed by atoms with Crippen molar-refractivity contribution in [3.8, 4) is 0 Å². The summed E-state index contributed by atoms with van der Waals surface area (Å²) in [5.41, 5.74) is 0. The number of nitrogens with zero attached hydrogens (tertiary/aromatic N) is 8. The second-order valence-electron chi connectivity index (χ2n) is 27.3. The Kier molecular flexibility index (Phi) is 76.7. The molecule has 0 aromatic carbocycles. The van der Waals surface area contributed by atoms with Crippen molar-refractivity contribution in [3.63, 3.8) is 0 Å².